The third-order valence-electron chi connectivity index (χ3n) is 2.56. The van der Waals surface area contributed by atoms with E-state index in [1.54, 1.807) is 6.07 Å². The molecule has 0 atom stereocenters. The number of Topliss-reactive ketones (excluding diaryl/α,β-unsaturated/α-hetero) is 1. The molecule has 0 saturated heterocycles. The fourth-order valence-electron chi connectivity index (χ4n) is 1.56. The number of benzene rings is 1. The Morgan fingerprint density at radius 3 is 2.74 bits per heavy atom. The number of carbonyl (C=O) groups is 1. The topological polar surface area (TPSA) is 107 Å². The first-order valence-electron chi connectivity index (χ1n) is 5.84. The van der Waals surface area contributed by atoms with Crippen molar-refractivity contribution in [2.75, 3.05) is 5.32 Å². The average Bonchev–Trinajstić information content (AvgIpc) is 3.01. The highest BCUT2D eigenvalue weighted by atomic mass is 35.5. The first-order chi connectivity index (χ1) is 10.8. The Balaban J connectivity index is 2.37. The number of nitriles is 1. The molecule has 2 N–H and O–H groups in total. The van der Waals surface area contributed by atoms with Crippen LogP contribution in [0.15, 0.2) is 24.4 Å². The maximum absolute atomic E-state index is 12.6. The van der Waals surface area contributed by atoms with Crippen molar-refractivity contribution in [2.24, 2.45) is 0 Å². The van der Waals surface area contributed by atoms with E-state index in [1.807, 2.05) is 0 Å². The normalized spacial score (nSPS) is 11.9. The molecule has 11 heteroatoms. The summed E-state index contributed by atoms with van der Waals surface area (Å²) >= 11 is 5.63. The van der Waals surface area contributed by atoms with Gasteiger partial charge in [0.2, 0.25) is 5.82 Å². The lowest BCUT2D eigenvalue weighted by Gasteiger charge is -2.11. The van der Waals surface area contributed by atoms with E-state index >= 15 is 0 Å². The van der Waals surface area contributed by atoms with Crippen molar-refractivity contribution in [3.8, 4) is 6.07 Å². The number of aromatic amines is 1. The highest BCUT2D eigenvalue weighted by Gasteiger charge is 2.40. The second-order valence-corrected chi connectivity index (χ2v) is 4.50. The number of carbonyl (C=O) groups excluding carboxylic acids is 1. The molecule has 0 saturated carbocycles. The zero-order valence-corrected chi connectivity index (χ0v) is 11.8. The van der Waals surface area contributed by atoms with Crippen molar-refractivity contribution in [2.45, 2.75) is 6.18 Å². The summed E-state index contributed by atoms with van der Waals surface area (Å²) in [6, 6.07) is 5.11. The molecule has 0 amide bonds. The number of nitrogens with one attached hydrogen (secondary N) is 2. The second-order valence-electron chi connectivity index (χ2n) is 4.07. The molecular weight excluding hydrogens is 337 g/mol. The van der Waals surface area contributed by atoms with E-state index in [0.717, 1.165) is 12.3 Å². The van der Waals surface area contributed by atoms with Crippen LogP contribution in [-0.4, -0.2) is 32.6 Å². The Hall–Kier alpha value is -2.93. The third kappa shape index (κ3) is 3.83. The molecule has 0 aliphatic rings. The van der Waals surface area contributed by atoms with Crippen LogP contribution in [0.3, 0.4) is 0 Å². The van der Waals surface area contributed by atoms with Crippen molar-refractivity contribution >= 4 is 28.6 Å². The van der Waals surface area contributed by atoms with Crippen LogP contribution >= 0.6 is 11.6 Å². The molecule has 0 aliphatic heterocycles. The van der Waals surface area contributed by atoms with E-state index < -0.39 is 17.5 Å². The van der Waals surface area contributed by atoms with Gasteiger partial charge >= 0.3 is 6.18 Å². The summed E-state index contributed by atoms with van der Waals surface area (Å²) < 4.78 is 37.8. The van der Waals surface area contributed by atoms with Crippen LogP contribution in [0.2, 0.25) is 5.02 Å². The number of allylic oxidation sites excluding steroid dienone is 1. The van der Waals surface area contributed by atoms with E-state index in [-0.39, 0.29) is 22.1 Å². The summed E-state index contributed by atoms with van der Waals surface area (Å²) in [5.74, 6) is -2.12. The number of tetrazole rings is 1. The standard InChI is InChI=1S/C12H6ClF3N6O/c13-7-1-2-9(8(3-7)10(23)12(14,15)16)18-5-6(4-17)11-19-21-22-20-11/h1-3,5,18H,(H,19,20,21,22). The zero-order valence-electron chi connectivity index (χ0n) is 11.0. The number of nitrogens with zero attached hydrogens (tertiary/aromatic N) is 4. The maximum atomic E-state index is 12.6. The molecular formula is C12H6ClF3N6O. The van der Waals surface area contributed by atoms with Crippen LogP contribution in [0.25, 0.3) is 5.57 Å². The summed E-state index contributed by atoms with van der Waals surface area (Å²) in [7, 11) is 0. The van der Waals surface area contributed by atoms with Crippen LogP contribution in [0, 0.1) is 11.3 Å². The van der Waals surface area contributed by atoms with Gasteiger partial charge < -0.3 is 5.32 Å². The first kappa shape index (κ1) is 16.4. The van der Waals surface area contributed by atoms with E-state index in [4.69, 9.17) is 16.9 Å². The first-order valence-corrected chi connectivity index (χ1v) is 6.22. The number of halogens is 4. The van der Waals surface area contributed by atoms with Crippen LogP contribution in [0.5, 0.6) is 0 Å². The van der Waals surface area contributed by atoms with Gasteiger partial charge in [-0.05, 0) is 23.4 Å². The Labute approximate surface area is 131 Å². The molecule has 1 heterocycles. The molecule has 0 fully saturated rings. The molecule has 1 aromatic carbocycles. The van der Waals surface area contributed by atoms with Crippen LogP contribution < -0.4 is 5.32 Å². The SMILES string of the molecule is N#CC(=CNc1ccc(Cl)cc1C(=O)C(F)(F)F)c1nn[nH]n1. The van der Waals surface area contributed by atoms with Gasteiger partial charge in [0, 0.05) is 16.9 Å². The summed E-state index contributed by atoms with van der Waals surface area (Å²) in [5, 5.41) is 23.9. The minimum atomic E-state index is -5.06. The van der Waals surface area contributed by atoms with Gasteiger partial charge in [-0.2, -0.15) is 23.6 Å². The minimum Gasteiger partial charge on any atom is -0.360 e. The van der Waals surface area contributed by atoms with E-state index in [2.05, 4.69) is 25.9 Å². The Kier molecular flexibility index (Phi) is 4.61. The number of anilines is 1. The van der Waals surface area contributed by atoms with Crippen molar-refractivity contribution in [1.82, 2.24) is 20.6 Å². The molecule has 118 valence electrons. The molecule has 2 rings (SSSR count). The van der Waals surface area contributed by atoms with Gasteiger partial charge in [0.05, 0.1) is 5.56 Å². The van der Waals surface area contributed by atoms with Crippen LogP contribution in [0.1, 0.15) is 16.2 Å². The van der Waals surface area contributed by atoms with Gasteiger partial charge in [0.1, 0.15) is 11.6 Å². The van der Waals surface area contributed by atoms with Gasteiger partial charge in [-0.1, -0.05) is 11.6 Å². The number of hydrogen-bond acceptors (Lipinski definition) is 6. The largest absolute Gasteiger partial charge is 0.454 e. The molecule has 0 spiro atoms. The molecule has 23 heavy (non-hydrogen) atoms. The molecule has 0 unspecified atom stereocenters. The third-order valence-corrected chi connectivity index (χ3v) is 2.80. The number of hydrogen-bond donors (Lipinski definition) is 2. The van der Waals surface area contributed by atoms with Crippen LogP contribution in [-0.2, 0) is 0 Å². The van der Waals surface area contributed by atoms with E-state index in [0.29, 0.717) is 0 Å². The summed E-state index contributed by atoms with van der Waals surface area (Å²) in [6.45, 7) is 0. The van der Waals surface area contributed by atoms with Crippen molar-refractivity contribution in [3.63, 3.8) is 0 Å². The number of aromatic nitrogens is 4. The molecule has 0 aliphatic carbocycles. The highest BCUT2D eigenvalue weighted by Crippen LogP contribution is 2.28. The fourth-order valence-corrected chi connectivity index (χ4v) is 1.73. The van der Waals surface area contributed by atoms with Crippen molar-refractivity contribution < 1.29 is 18.0 Å². The van der Waals surface area contributed by atoms with E-state index in [1.165, 1.54) is 12.1 Å². The minimum absolute atomic E-state index is 0.0363. The van der Waals surface area contributed by atoms with Gasteiger partial charge in [-0.15, -0.1) is 10.2 Å². The fraction of sp³-hybridized carbons (Fsp3) is 0.0833. The van der Waals surface area contributed by atoms with Gasteiger partial charge in [0.25, 0.3) is 5.78 Å². The van der Waals surface area contributed by atoms with Gasteiger partial charge in [-0.3, -0.25) is 4.79 Å². The van der Waals surface area contributed by atoms with Crippen molar-refractivity contribution in [3.05, 3.63) is 40.8 Å². The number of alkyl halides is 3. The Morgan fingerprint density at radius 2 is 2.17 bits per heavy atom. The number of H-pyrrole nitrogens is 1. The highest BCUT2D eigenvalue weighted by molar-refractivity contribution is 6.31. The number of rotatable bonds is 4. The monoisotopic (exact) mass is 342 g/mol. The average molecular weight is 343 g/mol. The van der Waals surface area contributed by atoms with Crippen LogP contribution in [0.4, 0.5) is 18.9 Å². The van der Waals surface area contributed by atoms with E-state index in [9.17, 15) is 18.0 Å². The second kappa shape index (κ2) is 6.45. The molecule has 7 nitrogen and oxygen atoms in total. The quantitative estimate of drug-likeness (QED) is 0.653. The molecule has 0 radical (unpaired) electrons. The Bertz CT molecular complexity index is 794. The molecule has 2 aromatic rings. The Morgan fingerprint density at radius 1 is 1.43 bits per heavy atom. The van der Waals surface area contributed by atoms with Gasteiger partial charge in [0.15, 0.2) is 0 Å². The smallest absolute Gasteiger partial charge is 0.360 e. The molecule has 1 aromatic heterocycles. The summed E-state index contributed by atoms with van der Waals surface area (Å²) in [5.41, 5.74) is -0.946. The maximum Gasteiger partial charge on any atom is 0.454 e. The number of ketones is 1. The van der Waals surface area contributed by atoms with Gasteiger partial charge in [-0.25, -0.2) is 0 Å². The zero-order chi connectivity index (χ0) is 17.0. The predicted octanol–water partition coefficient (Wildman–Crippen LogP) is 2.57. The summed E-state index contributed by atoms with van der Waals surface area (Å²) in [4.78, 5) is 11.4. The summed E-state index contributed by atoms with van der Waals surface area (Å²) in [6.07, 6.45) is -4.00. The lowest BCUT2D eigenvalue weighted by molar-refractivity contribution is -0.0884. The molecule has 0 bridgehead atoms. The lowest BCUT2D eigenvalue weighted by atomic mass is 10.1. The predicted molar refractivity (Wildman–Crippen MR) is 73.2 cm³/mol. The van der Waals surface area contributed by atoms with Crippen molar-refractivity contribution in [1.29, 1.82) is 5.26 Å². The lowest BCUT2D eigenvalue weighted by Crippen LogP contribution is -2.23.